The first-order valence-electron chi connectivity index (χ1n) is 9.77. The number of anilines is 4. The Kier molecular flexibility index (Phi) is 4.90. The third-order valence-corrected chi connectivity index (χ3v) is 4.78. The van der Waals surface area contributed by atoms with E-state index >= 15 is 0 Å². The maximum atomic E-state index is 5.93. The van der Waals surface area contributed by atoms with Crippen molar-refractivity contribution in [1.82, 2.24) is 9.97 Å². The van der Waals surface area contributed by atoms with Crippen LogP contribution in [0.5, 0.6) is 5.75 Å². The van der Waals surface area contributed by atoms with Gasteiger partial charge in [-0.25, -0.2) is 4.98 Å². The third-order valence-electron chi connectivity index (χ3n) is 4.78. The maximum absolute atomic E-state index is 5.93. The summed E-state index contributed by atoms with van der Waals surface area (Å²) >= 11 is 0. The van der Waals surface area contributed by atoms with E-state index in [-0.39, 0.29) is 6.10 Å². The van der Waals surface area contributed by atoms with Crippen LogP contribution in [0.25, 0.3) is 0 Å². The third kappa shape index (κ3) is 3.65. The van der Waals surface area contributed by atoms with Crippen LogP contribution in [0.1, 0.15) is 32.0 Å². The Hall–Kier alpha value is -3.08. The van der Waals surface area contributed by atoms with E-state index in [9.17, 15) is 0 Å². The number of nitrogens with one attached hydrogen (secondary N) is 1. The SMILES string of the molecule is Cc1cc(Nc2ccccc2OC(C)C)nc(N2c3ccccc3CC2C)n1. The van der Waals surface area contributed by atoms with Crippen molar-refractivity contribution < 1.29 is 4.74 Å². The lowest BCUT2D eigenvalue weighted by Crippen LogP contribution is -2.26. The largest absolute Gasteiger partial charge is 0.489 e. The molecule has 0 fully saturated rings. The maximum Gasteiger partial charge on any atom is 0.232 e. The molecule has 0 aliphatic carbocycles. The summed E-state index contributed by atoms with van der Waals surface area (Å²) in [5.74, 6) is 2.30. The predicted octanol–water partition coefficient (Wildman–Crippen LogP) is 5.40. The number of hydrogen-bond donors (Lipinski definition) is 1. The molecule has 0 saturated carbocycles. The Balaban J connectivity index is 1.68. The highest BCUT2D eigenvalue weighted by Crippen LogP contribution is 2.37. The molecule has 3 aromatic rings. The lowest BCUT2D eigenvalue weighted by molar-refractivity contribution is 0.244. The van der Waals surface area contributed by atoms with Gasteiger partial charge in [0.15, 0.2) is 0 Å². The first kappa shape index (κ1) is 18.3. The molecule has 0 radical (unpaired) electrons. The molecule has 1 aromatic heterocycles. The predicted molar refractivity (Wildman–Crippen MR) is 114 cm³/mol. The van der Waals surface area contributed by atoms with Crippen molar-refractivity contribution in [2.24, 2.45) is 0 Å². The normalized spacial score (nSPS) is 15.6. The highest BCUT2D eigenvalue weighted by molar-refractivity contribution is 5.69. The molecule has 5 nitrogen and oxygen atoms in total. The monoisotopic (exact) mass is 374 g/mol. The lowest BCUT2D eigenvalue weighted by Gasteiger charge is -2.23. The van der Waals surface area contributed by atoms with E-state index in [0.717, 1.165) is 35.3 Å². The van der Waals surface area contributed by atoms with E-state index in [4.69, 9.17) is 14.7 Å². The first-order chi connectivity index (χ1) is 13.5. The number of benzene rings is 2. The molecule has 1 unspecified atom stereocenters. The molecule has 0 amide bonds. The van der Waals surface area contributed by atoms with Gasteiger partial charge in [0, 0.05) is 23.5 Å². The van der Waals surface area contributed by atoms with Crippen LogP contribution in [0.4, 0.5) is 23.1 Å². The molecule has 1 atom stereocenters. The standard InChI is InChI=1S/C23H26N4O/c1-15(2)28-21-12-8-6-10-19(21)25-22-13-16(3)24-23(26-22)27-17(4)14-18-9-5-7-11-20(18)27/h5-13,15,17H,14H2,1-4H3,(H,24,25,26). The Morgan fingerprint density at radius 2 is 1.82 bits per heavy atom. The first-order valence-corrected chi connectivity index (χ1v) is 9.77. The van der Waals surface area contributed by atoms with Gasteiger partial charge in [-0.1, -0.05) is 30.3 Å². The molecular weight excluding hydrogens is 348 g/mol. The zero-order chi connectivity index (χ0) is 19.7. The van der Waals surface area contributed by atoms with Crippen molar-refractivity contribution in [3.8, 4) is 5.75 Å². The van der Waals surface area contributed by atoms with Gasteiger partial charge in [-0.15, -0.1) is 0 Å². The van der Waals surface area contributed by atoms with Gasteiger partial charge in [0.2, 0.25) is 5.95 Å². The van der Waals surface area contributed by atoms with Crippen LogP contribution in [-0.4, -0.2) is 22.1 Å². The Labute approximate surface area is 166 Å². The molecule has 0 spiro atoms. The van der Waals surface area contributed by atoms with E-state index in [1.54, 1.807) is 0 Å². The van der Waals surface area contributed by atoms with Gasteiger partial charge in [0.1, 0.15) is 11.6 Å². The van der Waals surface area contributed by atoms with Crippen LogP contribution in [0.3, 0.4) is 0 Å². The molecular formula is C23H26N4O. The second-order valence-electron chi connectivity index (χ2n) is 7.53. The summed E-state index contributed by atoms with van der Waals surface area (Å²) in [7, 11) is 0. The molecule has 5 heteroatoms. The smallest absolute Gasteiger partial charge is 0.232 e. The van der Waals surface area contributed by atoms with Gasteiger partial charge in [-0.2, -0.15) is 4.98 Å². The number of aromatic nitrogens is 2. The highest BCUT2D eigenvalue weighted by atomic mass is 16.5. The van der Waals surface area contributed by atoms with Gasteiger partial charge < -0.3 is 15.0 Å². The molecule has 1 N–H and O–H groups in total. The summed E-state index contributed by atoms with van der Waals surface area (Å²) in [5, 5.41) is 3.42. The summed E-state index contributed by atoms with van der Waals surface area (Å²) in [4.78, 5) is 11.8. The summed E-state index contributed by atoms with van der Waals surface area (Å²) in [6.07, 6.45) is 1.11. The van der Waals surface area contributed by atoms with E-state index < -0.39 is 0 Å². The van der Waals surface area contributed by atoms with Gasteiger partial charge in [0.25, 0.3) is 0 Å². The fourth-order valence-electron chi connectivity index (χ4n) is 3.66. The highest BCUT2D eigenvalue weighted by Gasteiger charge is 2.29. The van der Waals surface area contributed by atoms with Crippen LogP contribution in [-0.2, 0) is 6.42 Å². The van der Waals surface area contributed by atoms with Crippen molar-refractivity contribution in [2.75, 3.05) is 10.2 Å². The second kappa shape index (κ2) is 7.50. The number of ether oxygens (including phenoxy) is 1. The van der Waals surface area contributed by atoms with Crippen molar-refractivity contribution in [3.05, 3.63) is 65.9 Å². The minimum absolute atomic E-state index is 0.104. The van der Waals surface area contributed by atoms with Crippen molar-refractivity contribution >= 4 is 23.1 Å². The van der Waals surface area contributed by atoms with Crippen molar-refractivity contribution in [3.63, 3.8) is 0 Å². The molecule has 2 aromatic carbocycles. The molecule has 0 saturated heterocycles. The van der Waals surface area contributed by atoms with Crippen molar-refractivity contribution in [1.29, 1.82) is 0 Å². The van der Waals surface area contributed by atoms with Crippen LogP contribution >= 0.6 is 0 Å². The molecule has 144 valence electrons. The topological polar surface area (TPSA) is 50.3 Å². The Bertz CT molecular complexity index is 986. The summed E-state index contributed by atoms with van der Waals surface area (Å²) in [6.45, 7) is 8.26. The van der Waals surface area contributed by atoms with Gasteiger partial charge in [-0.05, 0) is 57.9 Å². The zero-order valence-electron chi connectivity index (χ0n) is 16.8. The lowest BCUT2D eigenvalue weighted by atomic mass is 10.1. The summed E-state index contributed by atoms with van der Waals surface area (Å²) in [5.41, 5.74) is 4.35. The fraction of sp³-hybridized carbons (Fsp3) is 0.304. The summed E-state index contributed by atoms with van der Waals surface area (Å²) < 4.78 is 5.93. The fourth-order valence-corrected chi connectivity index (χ4v) is 3.66. The zero-order valence-corrected chi connectivity index (χ0v) is 16.8. The average molecular weight is 374 g/mol. The second-order valence-corrected chi connectivity index (χ2v) is 7.53. The van der Waals surface area contributed by atoms with Gasteiger partial charge in [-0.3, -0.25) is 0 Å². The number of para-hydroxylation sites is 3. The van der Waals surface area contributed by atoms with Crippen LogP contribution in [0.15, 0.2) is 54.6 Å². The van der Waals surface area contributed by atoms with E-state index in [1.807, 2.05) is 51.1 Å². The van der Waals surface area contributed by atoms with Crippen LogP contribution in [0, 0.1) is 6.92 Å². The van der Waals surface area contributed by atoms with E-state index in [0.29, 0.717) is 6.04 Å². The number of aryl methyl sites for hydroxylation is 1. The Morgan fingerprint density at radius 1 is 1.07 bits per heavy atom. The molecule has 2 heterocycles. The van der Waals surface area contributed by atoms with Crippen molar-refractivity contribution in [2.45, 2.75) is 46.3 Å². The molecule has 28 heavy (non-hydrogen) atoms. The molecule has 1 aliphatic rings. The number of fused-ring (bicyclic) bond motifs is 1. The van der Waals surface area contributed by atoms with Gasteiger partial charge in [0.05, 0.1) is 11.8 Å². The Morgan fingerprint density at radius 3 is 2.64 bits per heavy atom. The van der Waals surface area contributed by atoms with E-state index in [2.05, 4.69) is 41.4 Å². The molecule has 0 bridgehead atoms. The molecule has 1 aliphatic heterocycles. The number of rotatable bonds is 5. The van der Waals surface area contributed by atoms with Crippen LogP contribution in [0.2, 0.25) is 0 Å². The summed E-state index contributed by atoms with van der Waals surface area (Å²) in [6, 6.07) is 18.7. The number of hydrogen-bond acceptors (Lipinski definition) is 5. The quantitative estimate of drug-likeness (QED) is 0.648. The average Bonchev–Trinajstić information content (AvgIpc) is 2.98. The number of nitrogens with zero attached hydrogens (tertiary/aromatic N) is 3. The van der Waals surface area contributed by atoms with E-state index in [1.165, 1.54) is 11.3 Å². The minimum atomic E-state index is 0.104. The van der Waals surface area contributed by atoms with Crippen LogP contribution < -0.4 is 15.0 Å². The minimum Gasteiger partial charge on any atom is -0.489 e. The molecule has 4 rings (SSSR count). The van der Waals surface area contributed by atoms with Gasteiger partial charge >= 0.3 is 0 Å².